The van der Waals surface area contributed by atoms with E-state index < -0.39 is 6.04 Å². The Morgan fingerprint density at radius 3 is 2.43 bits per heavy atom. The maximum absolute atomic E-state index is 12.1. The Morgan fingerprint density at radius 2 is 1.71 bits per heavy atom. The first kappa shape index (κ1) is 17.8. The molecule has 0 N–H and O–H groups in total. The lowest BCUT2D eigenvalue weighted by Crippen LogP contribution is -2.41. The van der Waals surface area contributed by atoms with Crippen molar-refractivity contribution in [3.05, 3.63) is 0 Å². The molecule has 1 unspecified atom stereocenters. The molecule has 1 aliphatic heterocycles. The van der Waals surface area contributed by atoms with E-state index in [1.54, 1.807) is 0 Å². The van der Waals surface area contributed by atoms with Crippen LogP contribution in [0.2, 0.25) is 0 Å². The van der Waals surface area contributed by atoms with Gasteiger partial charge in [0.05, 0.1) is 13.2 Å². The van der Waals surface area contributed by atoms with Crippen LogP contribution in [-0.2, 0) is 14.3 Å². The molecule has 21 heavy (non-hydrogen) atoms. The summed E-state index contributed by atoms with van der Waals surface area (Å²) >= 11 is 0. The number of likely N-dealkylation sites (tertiary alicyclic amines) is 1. The summed E-state index contributed by atoms with van der Waals surface area (Å²) in [5, 5.41) is 0. The number of unbranched alkanes of at least 4 members (excludes halogenated alkanes) is 4. The van der Waals surface area contributed by atoms with Crippen LogP contribution in [0, 0.1) is 0 Å². The fourth-order valence-corrected chi connectivity index (χ4v) is 2.41. The van der Waals surface area contributed by atoms with Crippen molar-refractivity contribution in [1.82, 2.24) is 4.90 Å². The van der Waals surface area contributed by atoms with Gasteiger partial charge >= 0.3 is 12.1 Å². The van der Waals surface area contributed by atoms with Crippen LogP contribution in [0.15, 0.2) is 0 Å². The van der Waals surface area contributed by atoms with Gasteiger partial charge in [-0.1, -0.05) is 39.5 Å². The highest BCUT2D eigenvalue weighted by molar-refractivity contribution is 5.82. The van der Waals surface area contributed by atoms with Gasteiger partial charge in [-0.3, -0.25) is 4.90 Å². The molecule has 5 nitrogen and oxygen atoms in total. The first-order valence-corrected chi connectivity index (χ1v) is 8.30. The molecule has 0 bridgehead atoms. The summed E-state index contributed by atoms with van der Waals surface area (Å²) < 4.78 is 10.5. The zero-order valence-corrected chi connectivity index (χ0v) is 13.4. The van der Waals surface area contributed by atoms with Crippen molar-refractivity contribution in [3.8, 4) is 0 Å². The summed E-state index contributed by atoms with van der Waals surface area (Å²) in [6, 6.07) is -0.453. The molecule has 1 heterocycles. The Kier molecular flexibility index (Phi) is 8.87. The summed E-state index contributed by atoms with van der Waals surface area (Å²) in [7, 11) is 0. The molecule has 5 heteroatoms. The Morgan fingerprint density at radius 1 is 1.00 bits per heavy atom. The molecule has 1 rings (SSSR count). The van der Waals surface area contributed by atoms with E-state index in [-0.39, 0.29) is 12.1 Å². The van der Waals surface area contributed by atoms with Crippen molar-refractivity contribution in [2.24, 2.45) is 0 Å². The molecule has 1 amide bonds. The van der Waals surface area contributed by atoms with Crippen LogP contribution in [0.25, 0.3) is 0 Å². The minimum Gasteiger partial charge on any atom is -0.464 e. The van der Waals surface area contributed by atoms with Gasteiger partial charge in [-0.15, -0.1) is 0 Å². The summed E-state index contributed by atoms with van der Waals surface area (Å²) in [5.41, 5.74) is 0. The second-order valence-corrected chi connectivity index (χ2v) is 5.55. The van der Waals surface area contributed by atoms with Gasteiger partial charge in [0, 0.05) is 6.54 Å². The van der Waals surface area contributed by atoms with Crippen LogP contribution < -0.4 is 0 Å². The number of amides is 1. The summed E-state index contributed by atoms with van der Waals surface area (Å²) in [5.74, 6) is -0.281. The van der Waals surface area contributed by atoms with Gasteiger partial charge in [-0.2, -0.15) is 0 Å². The maximum Gasteiger partial charge on any atom is 0.410 e. The number of hydrogen-bond acceptors (Lipinski definition) is 4. The van der Waals surface area contributed by atoms with E-state index in [1.807, 2.05) is 6.92 Å². The lowest BCUT2D eigenvalue weighted by molar-refractivity contribution is -0.148. The number of hydrogen-bond donors (Lipinski definition) is 0. The van der Waals surface area contributed by atoms with E-state index >= 15 is 0 Å². The lowest BCUT2D eigenvalue weighted by Gasteiger charge is -2.22. The van der Waals surface area contributed by atoms with Gasteiger partial charge in [0.2, 0.25) is 0 Å². The molecule has 1 atom stereocenters. The first-order chi connectivity index (χ1) is 10.2. The highest BCUT2D eigenvalue weighted by atomic mass is 16.6. The van der Waals surface area contributed by atoms with E-state index in [2.05, 4.69) is 6.92 Å². The van der Waals surface area contributed by atoms with Crippen molar-refractivity contribution in [2.45, 2.75) is 71.3 Å². The fraction of sp³-hybridized carbons (Fsp3) is 0.875. The summed E-state index contributed by atoms with van der Waals surface area (Å²) in [6.45, 7) is 5.65. The maximum atomic E-state index is 12.1. The van der Waals surface area contributed by atoms with Gasteiger partial charge in [0.1, 0.15) is 6.04 Å². The van der Waals surface area contributed by atoms with E-state index in [9.17, 15) is 9.59 Å². The van der Waals surface area contributed by atoms with Crippen molar-refractivity contribution in [1.29, 1.82) is 0 Å². The molecule has 0 aromatic carbocycles. The number of esters is 1. The SMILES string of the molecule is CCCCCCOC(=O)C1CCCN1C(=O)OCCCC. The van der Waals surface area contributed by atoms with Gasteiger partial charge < -0.3 is 9.47 Å². The Balaban J connectivity index is 2.30. The van der Waals surface area contributed by atoms with E-state index in [0.29, 0.717) is 26.2 Å². The van der Waals surface area contributed by atoms with Crippen LogP contribution in [0.5, 0.6) is 0 Å². The van der Waals surface area contributed by atoms with E-state index in [0.717, 1.165) is 44.9 Å². The van der Waals surface area contributed by atoms with Crippen LogP contribution in [-0.4, -0.2) is 42.8 Å². The molecule has 122 valence electrons. The van der Waals surface area contributed by atoms with Gasteiger partial charge in [-0.25, -0.2) is 9.59 Å². The van der Waals surface area contributed by atoms with Gasteiger partial charge in [0.25, 0.3) is 0 Å². The smallest absolute Gasteiger partial charge is 0.410 e. The topological polar surface area (TPSA) is 55.8 Å². The molecule has 0 spiro atoms. The Bertz CT molecular complexity index is 319. The van der Waals surface area contributed by atoms with Crippen LogP contribution in [0.3, 0.4) is 0 Å². The number of nitrogens with zero attached hydrogens (tertiary/aromatic N) is 1. The molecule has 1 fully saturated rings. The predicted molar refractivity (Wildman–Crippen MR) is 81.1 cm³/mol. The second kappa shape index (κ2) is 10.5. The van der Waals surface area contributed by atoms with Gasteiger partial charge in [0.15, 0.2) is 0 Å². The van der Waals surface area contributed by atoms with Gasteiger partial charge in [-0.05, 0) is 25.7 Å². The molecule has 0 saturated carbocycles. The highest BCUT2D eigenvalue weighted by Gasteiger charge is 2.36. The standard InChI is InChI=1S/C16H29NO4/c1-3-5-7-8-13-20-15(18)14-10-9-11-17(14)16(19)21-12-6-4-2/h14H,3-13H2,1-2H3. The van der Waals surface area contributed by atoms with E-state index in [4.69, 9.17) is 9.47 Å². The van der Waals surface area contributed by atoms with Crippen LogP contribution in [0.4, 0.5) is 4.79 Å². The Hall–Kier alpha value is -1.26. The molecule has 0 aromatic heterocycles. The zero-order valence-electron chi connectivity index (χ0n) is 13.4. The van der Waals surface area contributed by atoms with Crippen molar-refractivity contribution in [2.75, 3.05) is 19.8 Å². The number of carbonyl (C=O) groups excluding carboxylic acids is 2. The predicted octanol–water partition coefficient (Wildman–Crippen LogP) is 3.51. The van der Waals surface area contributed by atoms with Crippen LogP contribution in [0.1, 0.15) is 65.2 Å². The average molecular weight is 299 g/mol. The second-order valence-electron chi connectivity index (χ2n) is 5.55. The normalized spacial score (nSPS) is 17.8. The molecule has 0 radical (unpaired) electrons. The largest absolute Gasteiger partial charge is 0.464 e. The average Bonchev–Trinajstić information content (AvgIpc) is 2.96. The number of carbonyl (C=O) groups is 2. The van der Waals surface area contributed by atoms with Crippen molar-refractivity contribution in [3.63, 3.8) is 0 Å². The molecular weight excluding hydrogens is 270 g/mol. The highest BCUT2D eigenvalue weighted by Crippen LogP contribution is 2.20. The summed E-state index contributed by atoms with van der Waals surface area (Å²) in [4.78, 5) is 25.5. The van der Waals surface area contributed by atoms with Crippen molar-refractivity contribution >= 4 is 12.1 Å². The zero-order chi connectivity index (χ0) is 15.5. The monoisotopic (exact) mass is 299 g/mol. The third kappa shape index (κ3) is 6.36. The van der Waals surface area contributed by atoms with E-state index in [1.165, 1.54) is 4.90 Å². The minimum atomic E-state index is -0.453. The lowest BCUT2D eigenvalue weighted by atomic mass is 10.2. The third-order valence-electron chi connectivity index (χ3n) is 3.73. The molecule has 0 aliphatic carbocycles. The number of ether oxygens (including phenoxy) is 2. The molecule has 0 aromatic rings. The third-order valence-corrected chi connectivity index (χ3v) is 3.73. The molecule has 1 aliphatic rings. The first-order valence-electron chi connectivity index (χ1n) is 8.30. The molecule has 1 saturated heterocycles. The fourth-order valence-electron chi connectivity index (χ4n) is 2.41. The number of rotatable bonds is 9. The molecular formula is C16H29NO4. The summed E-state index contributed by atoms with van der Waals surface area (Å²) in [6.07, 6.45) is 7.27. The van der Waals surface area contributed by atoms with Crippen LogP contribution >= 0.6 is 0 Å². The minimum absolute atomic E-state index is 0.281. The quantitative estimate of drug-likeness (QED) is 0.483. The van der Waals surface area contributed by atoms with Crippen molar-refractivity contribution < 1.29 is 19.1 Å². The Labute approximate surface area is 128 Å².